The molecule has 0 aliphatic carbocycles. The van der Waals surface area contributed by atoms with Crippen LogP contribution < -0.4 is 14.9 Å². The fourth-order valence-corrected chi connectivity index (χ4v) is 2.48. The first kappa shape index (κ1) is 16.0. The van der Waals surface area contributed by atoms with Gasteiger partial charge in [-0.15, -0.1) is 0 Å². The molecule has 0 radical (unpaired) electrons. The Morgan fingerprint density at radius 1 is 1.25 bits per heavy atom. The minimum atomic E-state index is -0.585. The second-order valence-corrected chi connectivity index (χ2v) is 5.26. The van der Waals surface area contributed by atoms with Gasteiger partial charge in [0.15, 0.2) is 5.43 Å². The van der Waals surface area contributed by atoms with E-state index in [1.165, 1.54) is 25.4 Å². The highest BCUT2D eigenvalue weighted by Crippen LogP contribution is 2.26. The van der Waals surface area contributed by atoms with Crippen LogP contribution in [0.3, 0.4) is 0 Å². The van der Waals surface area contributed by atoms with Crippen molar-refractivity contribution in [1.82, 2.24) is 9.97 Å². The van der Waals surface area contributed by atoms with Gasteiger partial charge in [0, 0.05) is 29.6 Å². The van der Waals surface area contributed by atoms with Crippen LogP contribution in [0.15, 0.2) is 41.5 Å². The number of hydrogen-bond donors (Lipinski definition) is 1. The number of methoxy groups -OCH3 is 1. The summed E-state index contributed by atoms with van der Waals surface area (Å²) in [5.41, 5.74) is 0.872. The second kappa shape index (κ2) is 6.70. The molecule has 0 bridgehead atoms. The zero-order valence-electron chi connectivity index (χ0n) is 13.4. The largest absolute Gasteiger partial charge is 0.491 e. The lowest BCUT2D eigenvalue weighted by Gasteiger charge is -2.10. The van der Waals surface area contributed by atoms with E-state index in [0.29, 0.717) is 34.9 Å². The molecule has 0 aliphatic heterocycles. The molecule has 2 aromatic heterocycles. The first-order valence-corrected chi connectivity index (χ1v) is 7.62. The van der Waals surface area contributed by atoms with Gasteiger partial charge in [0.05, 0.1) is 24.6 Å². The number of benzene rings is 1. The van der Waals surface area contributed by atoms with Crippen LogP contribution in [0.2, 0.25) is 0 Å². The number of hydrogen-bond acceptors (Lipinski definition) is 4. The maximum absolute atomic E-state index is 14.3. The Labute approximate surface area is 138 Å². The van der Waals surface area contributed by atoms with E-state index >= 15 is 0 Å². The molecule has 3 rings (SSSR count). The Bertz CT molecular complexity index is 920. The molecule has 1 aromatic carbocycles. The average Bonchev–Trinajstić information content (AvgIpc) is 2.61. The summed E-state index contributed by atoms with van der Waals surface area (Å²) in [6.07, 6.45) is 3.88. The van der Waals surface area contributed by atoms with Crippen molar-refractivity contribution in [2.24, 2.45) is 0 Å². The zero-order valence-corrected chi connectivity index (χ0v) is 13.4. The van der Waals surface area contributed by atoms with Crippen molar-refractivity contribution in [3.05, 3.63) is 52.7 Å². The summed E-state index contributed by atoms with van der Waals surface area (Å²) >= 11 is 0. The number of H-pyrrole nitrogens is 1. The Morgan fingerprint density at radius 2 is 2.08 bits per heavy atom. The van der Waals surface area contributed by atoms with Crippen molar-refractivity contribution in [2.45, 2.75) is 13.3 Å². The third kappa shape index (κ3) is 2.82. The van der Waals surface area contributed by atoms with Gasteiger partial charge in [0.1, 0.15) is 11.6 Å². The van der Waals surface area contributed by atoms with Gasteiger partial charge in [-0.05, 0) is 24.6 Å². The molecule has 0 aliphatic rings. The molecule has 0 saturated heterocycles. The molecule has 1 N–H and O–H groups in total. The summed E-state index contributed by atoms with van der Waals surface area (Å²) in [6.45, 7) is 2.47. The molecule has 6 heteroatoms. The molecule has 0 fully saturated rings. The minimum Gasteiger partial charge on any atom is -0.491 e. The van der Waals surface area contributed by atoms with Crippen LogP contribution in [0.1, 0.15) is 13.3 Å². The number of halogens is 1. The lowest BCUT2D eigenvalue weighted by Crippen LogP contribution is -2.10. The number of ether oxygens (including phenoxy) is 2. The standard InChI is InChI=1S/C18H17FN2O3/c1-3-8-24-14-6-5-13(19)16-17(14)21-10-12(18(16)22)11-4-7-15(23-2)20-9-11/h4-7,9-10H,3,8H2,1-2H3,(H,21,22). The van der Waals surface area contributed by atoms with E-state index < -0.39 is 11.2 Å². The van der Waals surface area contributed by atoms with Crippen LogP contribution in [0, 0.1) is 5.82 Å². The first-order valence-electron chi connectivity index (χ1n) is 7.62. The lowest BCUT2D eigenvalue weighted by molar-refractivity contribution is 0.320. The predicted octanol–water partition coefficient (Wildman–Crippen LogP) is 3.53. The monoisotopic (exact) mass is 328 g/mol. The molecule has 0 saturated carbocycles. The topological polar surface area (TPSA) is 64.2 Å². The van der Waals surface area contributed by atoms with Crippen molar-refractivity contribution in [3.8, 4) is 22.8 Å². The Hall–Kier alpha value is -2.89. The minimum absolute atomic E-state index is 0.0167. The first-order chi connectivity index (χ1) is 11.7. The van der Waals surface area contributed by atoms with Crippen LogP contribution in [-0.2, 0) is 0 Å². The number of pyridine rings is 2. The second-order valence-electron chi connectivity index (χ2n) is 5.26. The summed E-state index contributed by atoms with van der Waals surface area (Å²) < 4.78 is 24.8. The molecule has 0 spiro atoms. The fraction of sp³-hybridized carbons (Fsp3) is 0.222. The van der Waals surface area contributed by atoms with Gasteiger partial charge < -0.3 is 14.5 Å². The van der Waals surface area contributed by atoms with Crippen LogP contribution in [0.5, 0.6) is 11.6 Å². The van der Waals surface area contributed by atoms with E-state index in [0.717, 1.165) is 6.42 Å². The highest BCUT2D eigenvalue weighted by Gasteiger charge is 2.15. The van der Waals surface area contributed by atoms with Gasteiger partial charge in [-0.25, -0.2) is 9.37 Å². The Morgan fingerprint density at radius 3 is 2.75 bits per heavy atom. The van der Waals surface area contributed by atoms with Crippen molar-refractivity contribution in [1.29, 1.82) is 0 Å². The van der Waals surface area contributed by atoms with E-state index in [1.807, 2.05) is 6.92 Å². The molecule has 0 amide bonds. The molecule has 0 unspecified atom stereocenters. The number of aromatic amines is 1. The predicted molar refractivity (Wildman–Crippen MR) is 90.1 cm³/mol. The number of aromatic nitrogens is 2. The molecule has 124 valence electrons. The van der Waals surface area contributed by atoms with Crippen molar-refractivity contribution < 1.29 is 13.9 Å². The van der Waals surface area contributed by atoms with Gasteiger partial charge in [-0.2, -0.15) is 0 Å². The average molecular weight is 328 g/mol. The van der Waals surface area contributed by atoms with E-state index in [2.05, 4.69) is 9.97 Å². The summed E-state index contributed by atoms with van der Waals surface area (Å²) in [6, 6.07) is 6.13. The highest BCUT2D eigenvalue weighted by molar-refractivity contribution is 5.88. The lowest BCUT2D eigenvalue weighted by atomic mass is 10.1. The summed E-state index contributed by atoms with van der Waals surface area (Å²) in [5, 5.41) is -0.0167. The zero-order chi connectivity index (χ0) is 17.1. The summed E-state index contributed by atoms with van der Waals surface area (Å²) in [4.78, 5) is 19.8. The summed E-state index contributed by atoms with van der Waals surface area (Å²) in [7, 11) is 1.51. The van der Waals surface area contributed by atoms with Crippen LogP contribution in [0.25, 0.3) is 22.0 Å². The number of nitrogens with zero attached hydrogens (tertiary/aromatic N) is 1. The molecule has 24 heavy (non-hydrogen) atoms. The van der Waals surface area contributed by atoms with Crippen LogP contribution in [0.4, 0.5) is 4.39 Å². The van der Waals surface area contributed by atoms with Crippen LogP contribution >= 0.6 is 0 Å². The third-order valence-electron chi connectivity index (χ3n) is 3.67. The molecular formula is C18H17FN2O3. The van der Waals surface area contributed by atoms with E-state index in [4.69, 9.17) is 9.47 Å². The third-order valence-corrected chi connectivity index (χ3v) is 3.67. The smallest absolute Gasteiger partial charge is 0.212 e. The van der Waals surface area contributed by atoms with Crippen LogP contribution in [-0.4, -0.2) is 23.7 Å². The molecule has 3 aromatic rings. The molecule has 2 heterocycles. The highest BCUT2D eigenvalue weighted by atomic mass is 19.1. The van der Waals surface area contributed by atoms with Crippen molar-refractivity contribution >= 4 is 10.9 Å². The number of rotatable bonds is 5. The number of nitrogens with one attached hydrogen (secondary N) is 1. The summed E-state index contributed by atoms with van der Waals surface area (Å²) in [5.74, 6) is 0.320. The van der Waals surface area contributed by atoms with Gasteiger partial charge in [0.2, 0.25) is 5.88 Å². The SMILES string of the molecule is CCCOc1ccc(F)c2c(=O)c(-c3ccc(OC)nc3)c[nH]c12. The quantitative estimate of drug-likeness (QED) is 0.778. The Kier molecular flexibility index (Phi) is 4.46. The maximum atomic E-state index is 14.3. The van der Waals surface area contributed by atoms with E-state index in [9.17, 15) is 9.18 Å². The Balaban J connectivity index is 2.16. The van der Waals surface area contributed by atoms with Gasteiger partial charge in [0.25, 0.3) is 0 Å². The van der Waals surface area contributed by atoms with Gasteiger partial charge in [-0.1, -0.05) is 6.92 Å². The fourth-order valence-electron chi connectivity index (χ4n) is 2.48. The van der Waals surface area contributed by atoms with Crippen molar-refractivity contribution in [2.75, 3.05) is 13.7 Å². The maximum Gasteiger partial charge on any atom is 0.212 e. The van der Waals surface area contributed by atoms with E-state index in [-0.39, 0.29) is 5.39 Å². The normalized spacial score (nSPS) is 10.8. The van der Waals surface area contributed by atoms with Crippen molar-refractivity contribution in [3.63, 3.8) is 0 Å². The molecule has 0 atom stereocenters. The molecular weight excluding hydrogens is 311 g/mol. The molecule has 5 nitrogen and oxygen atoms in total. The van der Waals surface area contributed by atoms with E-state index in [1.54, 1.807) is 18.3 Å². The van der Waals surface area contributed by atoms with Gasteiger partial charge in [-0.3, -0.25) is 4.79 Å². The number of fused-ring (bicyclic) bond motifs is 1. The van der Waals surface area contributed by atoms with Gasteiger partial charge >= 0.3 is 0 Å².